The van der Waals surface area contributed by atoms with Crippen LogP contribution in [0, 0.1) is 0 Å². The Hall–Kier alpha value is -2.74. The summed E-state index contributed by atoms with van der Waals surface area (Å²) in [7, 11) is 0. The Morgan fingerprint density at radius 3 is 3.00 bits per heavy atom. The molecule has 27 heavy (non-hydrogen) atoms. The van der Waals surface area contributed by atoms with E-state index in [1.807, 2.05) is 6.20 Å². The van der Waals surface area contributed by atoms with E-state index in [0.717, 1.165) is 32.5 Å². The van der Waals surface area contributed by atoms with Gasteiger partial charge >= 0.3 is 0 Å². The zero-order valence-corrected chi connectivity index (χ0v) is 15.2. The predicted octanol–water partition coefficient (Wildman–Crippen LogP) is 1.42. The Morgan fingerprint density at radius 2 is 2.11 bits per heavy atom. The largest absolute Gasteiger partial charge is 0.361 e. The molecule has 8 heteroatoms. The summed E-state index contributed by atoms with van der Waals surface area (Å²) in [5.41, 5.74) is 2.56. The molecule has 2 aliphatic heterocycles. The van der Waals surface area contributed by atoms with Crippen molar-refractivity contribution in [2.24, 2.45) is 0 Å². The second-order valence-electron chi connectivity index (χ2n) is 7.45. The van der Waals surface area contributed by atoms with Gasteiger partial charge in [-0.2, -0.15) is 0 Å². The molecule has 0 unspecified atom stereocenters. The molecule has 2 fully saturated rings. The minimum absolute atomic E-state index is 0.214. The van der Waals surface area contributed by atoms with Crippen molar-refractivity contribution in [3.63, 3.8) is 0 Å². The van der Waals surface area contributed by atoms with Crippen LogP contribution in [0.25, 0.3) is 10.9 Å². The summed E-state index contributed by atoms with van der Waals surface area (Å²) in [6.45, 7) is 3.38. The van der Waals surface area contributed by atoms with E-state index in [0.29, 0.717) is 25.0 Å². The van der Waals surface area contributed by atoms with Crippen LogP contribution in [0.1, 0.15) is 24.8 Å². The van der Waals surface area contributed by atoms with Crippen molar-refractivity contribution in [1.82, 2.24) is 35.0 Å². The van der Waals surface area contributed by atoms with Gasteiger partial charge in [-0.05, 0) is 40.3 Å². The average Bonchev–Trinajstić information content (AvgIpc) is 3.45. The number of nitrogens with one attached hydrogen (secondary N) is 1. The maximum absolute atomic E-state index is 12.7. The molecule has 140 valence electrons. The fourth-order valence-electron chi connectivity index (χ4n) is 4.72. The number of amides is 1. The van der Waals surface area contributed by atoms with Crippen LogP contribution in [0.3, 0.4) is 0 Å². The van der Waals surface area contributed by atoms with E-state index in [4.69, 9.17) is 0 Å². The van der Waals surface area contributed by atoms with Gasteiger partial charge in [-0.15, -0.1) is 5.10 Å². The molecule has 2 saturated heterocycles. The van der Waals surface area contributed by atoms with Gasteiger partial charge in [0.25, 0.3) is 0 Å². The Morgan fingerprint density at radius 1 is 1.19 bits per heavy atom. The van der Waals surface area contributed by atoms with Gasteiger partial charge in [-0.1, -0.05) is 18.2 Å². The highest BCUT2D eigenvalue weighted by Crippen LogP contribution is 2.33. The van der Waals surface area contributed by atoms with Crippen molar-refractivity contribution in [1.29, 1.82) is 0 Å². The van der Waals surface area contributed by atoms with Crippen LogP contribution in [-0.4, -0.2) is 66.1 Å². The topological polar surface area (TPSA) is 82.9 Å². The third-order valence-corrected chi connectivity index (χ3v) is 6.00. The molecule has 2 atom stereocenters. The number of aromatic nitrogens is 5. The number of fused-ring (bicyclic) bond motifs is 2. The normalized spacial score (nSPS) is 22.6. The first-order valence-corrected chi connectivity index (χ1v) is 9.59. The first-order chi connectivity index (χ1) is 13.3. The highest BCUT2D eigenvalue weighted by Gasteiger charge is 2.43. The van der Waals surface area contributed by atoms with Crippen LogP contribution in [-0.2, 0) is 17.9 Å². The van der Waals surface area contributed by atoms with E-state index in [1.54, 1.807) is 11.0 Å². The lowest BCUT2D eigenvalue weighted by molar-refractivity contribution is -0.132. The highest BCUT2D eigenvalue weighted by molar-refractivity contribution is 5.82. The van der Waals surface area contributed by atoms with Crippen molar-refractivity contribution in [3.05, 3.63) is 42.4 Å². The van der Waals surface area contributed by atoms with Crippen molar-refractivity contribution < 1.29 is 4.79 Å². The summed E-state index contributed by atoms with van der Waals surface area (Å²) < 4.78 is 1.61. The monoisotopic (exact) mass is 365 g/mol. The number of rotatable bonds is 5. The number of benzene rings is 1. The van der Waals surface area contributed by atoms with Crippen LogP contribution in [0.4, 0.5) is 0 Å². The average molecular weight is 365 g/mol. The number of hydrogen-bond acceptors (Lipinski definition) is 5. The number of aryl methyl sites for hydroxylation is 1. The molecule has 3 aromatic rings. The van der Waals surface area contributed by atoms with Crippen molar-refractivity contribution in [3.8, 4) is 0 Å². The number of tetrazole rings is 1. The second kappa shape index (κ2) is 6.77. The number of carbonyl (C=O) groups is 1. The third kappa shape index (κ3) is 2.99. The number of aromatic amines is 1. The molecule has 0 radical (unpaired) electrons. The molecule has 4 heterocycles. The molecule has 8 nitrogen and oxygen atoms in total. The van der Waals surface area contributed by atoms with Crippen LogP contribution < -0.4 is 0 Å². The maximum atomic E-state index is 12.7. The van der Waals surface area contributed by atoms with Crippen molar-refractivity contribution in [2.75, 3.05) is 13.1 Å². The Balaban J connectivity index is 1.24. The molecule has 1 aromatic carbocycles. The SMILES string of the molecule is O=C(CCn1cnnn1)N1CC[C@H]2[C@@H]1CCN2Cc1cccc2cc[nH]c12. The molecule has 1 N–H and O–H groups in total. The summed E-state index contributed by atoms with van der Waals surface area (Å²) in [5, 5.41) is 12.3. The molecule has 1 amide bonds. The predicted molar refractivity (Wildman–Crippen MR) is 99.7 cm³/mol. The van der Waals surface area contributed by atoms with Gasteiger partial charge in [0.1, 0.15) is 6.33 Å². The molecule has 2 aromatic heterocycles. The van der Waals surface area contributed by atoms with Gasteiger partial charge in [0.05, 0.1) is 6.54 Å². The smallest absolute Gasteiger partial charge is 0.224 e. The zero-order valence-electron chi connectivity index (χ0n) is 15.2. The fourth-order valence-corrected chi connectivity index (χ4v) is 4.72. The Bertz CT molecular complexity index is 935. The van der Waals surface area contributed by atoms with Gasteiger partial charge in [0.15, 0.2) is 0 Å². The standard InChI is InChI=1S/C19H23N7O/c27-18(7-10-25-13-21-22-23-25)26-11-6-16-17(26)5-9-24(16)12-15-3-1-2-14-4-8-20-19(14)15/h1-4,8,13,16-17,20H,5-7,9-12H2/t16-,17-/m0/s1. The van der Waals surface area contributed by atoms with Gasteiger partial charge < -0.3 is 9.88 Å². The summed E-state index contributed by atoms with van der Waals surface area (Å²) in [4.78, 5) is 20.7. The number of carbonyl (C=O) groups excluding carboxylic acids is 1. The lowest BCUT2D eigenvalue weighted by atomic mass is 10.1. The number of H-pyrrole nitrogens is 1. The summed E-state index contributed by atoms with van der Waals surface area (Å²) >= 11 is 0. The van der Waals surface area contributed by atoms with Crippen molar-refractivity contribution in [2.45, 2.75) is 44.4 Å². The molecule has 5 rings (SSSR count). The summed E-state index contributed by atoms with van der Waals surface area (Å²) in [5.74, 6) is 0.214. The van der Waals surface area contributed by atoms with E-state index in [-0.39, 0.29) is 5.91 Å². The Labute approximate surface area is 157 Å². The Kier molecular flexibility index (Phi) is 4.12. The number of nitrogens with zero attached hydrogens (tertiary/aromatic N) is 6. The van der Waals surface area contributed by atoms with E-state index in [9.17, 15) is 4.79 Å². The fraction of sp³-hybridized carbons (Fsp3) is 0.474. The zero-order chi connectivity index (χ0) is 18.2. The van der Waals surface area contributed by atoms with E-state index < -0.39 is 0 Å². The lowest BCUT2D eigenvalue weighted by Crippen LogP contribution is -2.39. The van der Waals surface area contributed by atoms with Gasteiger partial charge in [0.2, 0.25) is 5.91 Å². The summed E-state index contributed by atoms with van der Waals surface area (Å²) in [6.07, 6.45) is 6.13. The molecule has 0 spiro atoms. The number of para-hydroxylation sites is 1. The highest BCUT2D eigenvalue weighted by atomic mass is 16.2. The van der Waals surface area contributed by atoms with Crippen LogP contribution >= 0.6 is 0 Å². The van der Waals surface area contributed by atoms with Gasteiger partial charge in [-0.25, -0.2) is 4.68 Å². The molecule has 0 saturated carbocycles. The van der Waals surface area contributed by atoms with Crippen LogP contribution in [0.15, 0.2) is 36.8 Å². The van der Waals surface area contributed by atoms with Gasteiger partial charge in [0, 0.05) is 49.9 Å². The van der Waals surface area contributed by atoms with Gasteiger partial charge in [-0.3, -0.25) is 9.69 Å². The minimum atomic E-state index is 0.214. The van der Waals surface area contributed by atoms with Crippen LogP contribution in [0.2, 0.25) is 0 Å². The summed E-state index contributed by atoms with van der Waals surface area (Å²) in [6, 6.07) is 9.40. The van der Waals surface area contributed by atoms with E-state index >= 15 is 0 Å². The molecular weight excluding hydrogens is 342 g/mol. The maximum Gasteiger partial charge on any atom is 0.224 e. The first kappa shape index (κ1) is 16.4. The van der Waals surface area contributed by atoms with Crippen molar-refractivity contribution >= 4 is 16.8 Å². The quantitative estimate of drug-likeness (QED) is 0.739. The number of hydrogen-bond donors (Lipinski definition) is 1. The van der Waals surface area contributed by atoms with E-state index in [2.05, 4.69) is 54.6 Å². The molecule has 2 aliphatic rings. The van der Waals surface area contributed by atoms with Crippen LogP contribution in [0.5, 0.6) is 0 Å². The van der Waals surface area contributed by atoms with E-state index in [1.165, 1.54) is 16.5 Å². The number of likely N-dealkylation sites (tertiary alicyclic amines) is 2. The third-order valence-electron chi connectivity index (χ3n) is 6.00. The first-order valence-electron chi connectivity index (χ1n) is 9.59. The lowest BCUT2D eigenvalue weighted by Gasteiger charge is -2.26. The molecular formula is C19H23N7O. The minimum Gasteiger partial charge on any atom is -0.361 e. The molecule has 0 bridgehead atoms. The second-order valence-corrected chi connectivity index (χ2v) is 7.45. The molecule has 0 aliphatic carbocycles.